The highest BCUT2D eigenvalue weighted by atomic mass is 32.2. The summed E-state index contributed by atoms with van der Waals surface area (Å²) in [5, 5.41) is 14.0. The predicted molar refractivity (Wildman–Crippen MR) is 73.8 cm³/mol. The van der Waals surface area contributed by atoms with Gasteiger partial charge in [0.15, 0.2) is 4.90 Å². The number of nitrogens with zero attached hydrogens (tertiary/aromatic N) is 1. The van der Waals surface area contributed by atoms with E-state index in [4.69, 9.17) is 0 Å². The molecule has 0 unspecified atom stereocenters. The van der Waals surface area contributed by atoms with E-state index in [2.05, 4.69) is 10.0 Å². The summed E-state index contributed by atoms with van der Waals surface area (Å²) in [7, 11) is -4.11. The van der Waals surface area contributed by atoms with Crippen LogP contribution in [0.25, 0.3) is 0 Å². The molecular formula is C12H16FN3O4S. The van der Waals surface area contributed by atoms with Crippen LogP contribution in [-0.4, -0.2) is 33.0 Å². The number of sulfonamides is 1. The standard InChI is InChI=1S/C12H16FN3O4S/c13-10-2-1-3-11(12(10)16(17)18)21(19,20)15-8-9-4-6-14-7-5-9/h1-3,9,14-15H,4-8H2. The number of rotatable bonds is 5. The fraction of sp³-hybridized carbons (Fsp3) is 0.500. The van der Waals surface area contributed by atoms with Gasteiger partial charge in [-0.25, -0.2) is 13.1 Å². The highest BCUT2D eigenvalue weighted by Crippen LogP contribution is 2.26. The molecule has 0 amide bonds. The molecule has 0 atom stereocenters. The first-order valence-corrected chi connectivity index (χ1v) is 8.03. The second-order valence-electron chi connectivity index (χ2n) is 4.89. The normalized spacial score (nSPS) is 16.8. The van der Waals surface area contributed by atoms with Crippen LogP contribution in [0, 0.1) is 21.8 Å². The van der Waals surface area contributed by atoms with E-state index < -0.39 is 31.3 Å². The van der Waals surface area contributed by atoms with E-state index in [1.807, 2.05) is 0 Å². The van der Waals surface area contributed by atoms with Crippen molar-refractivity contribution in [2.75, 3.05) is 19.6 Å². The number of hydrogen-bond acceptors (Lipinski definition) is 5. The van der Waals surface area contributed by atoms with E-state index >= 15 is 0 Å². The van der Waals surface area contributed by atoms with E-state index in [1.165, 1.54) is 0 Å². The lowest BCUT2D eigenvalue weighted by Gasteiger charge is -2.22. The Morgan fingerprint density at radius 2 is 2.05 bits per heavy atom. The number of para-hydroxylation sites is 1. The smallest absolute Gasteiger partial charge is 0.317 e. The van der Waals surface area contributed by atoms with Crippen LogP contribution >= 0.6 is 0 Å². The molecule has 0 aliphatic carbocycles. The van der Waals surface area contributed by atoms with Crippen LogP contribution in [0.5, 0.6) is 0 Å². The monoisotopic (exact) mass is 317 g/mol. The van der Waals surface area contributed by atoms with Crippen molar-refractivity contribution in [2.45, 2.75) is 17.7 Å². The number of piperidine rings is 1. The molecule has 1 saturated heterocycles. The lowest BCUT2D eigenvalue weighted by atomic mass is 9.99. The summed E-state index contributed by atoms with van der Waals surface area (Å²) in [5.74, 6) is -0.988. The molecule has 116 valence electrons. The largest absolute Gasteiger partial charge is 0.324 e. The average Bonchev–Trinajstić information content (AvgIpc) is 2.46. The molecule has 2 N–H and O–H groups in total. The van der Waals surface area contributed by atoms with E-state index in [1.54, 1.807) is 0 Å². The predicted octanol–water partition coefficient (Wildman–Crippen LogP) is 1.01. The first-order valence-electron chi connectivity index (χ1n) is 6.55. The van der Waals surface area contributed by atoms with Gasteiger partial charge < -0.3 is 5.32 Å². The van der Waals surface area contributed by atoms with Crippen molar-refractivity contribution in [3.8, 4) is 0 Å². The van der Waals surface area contributed by atoms with Gasteiger partial charge in [0.2, 0.25) is 15.8 Å². The lowest BCUT2D eigenvalue weighted by molar-refractivity contribution is -0.390. The number of nitro groups is 1. The minimum absolute atomic E-state index is 0.175. The fourth-order valence-corrected chi connectivity index (χ4v) is 3.58. The summed E-state index contributed by atoms with van der Waals surface area (Å²) in [6, 6.07) is 3.04. The van der Waals surface area contributed by atoms with Crippen LogP contribution in [-0.2, 0) is 10.0 Å². The van der Waals surface area contributed by atoms with Gasteiger partial charge in [0.05, 0.1) is 4.92 Å². The Morgan fingerprint density at radius 3 is 2.67 bits per heavy atom. The van der Waals surface area contributed by atoms with Crippen LogP contribution in [0.2, 0.25) is 0 Å². The van der Waals surface area contributed by atoms with Crippen LogP contribution in [0.15, 0.2) is 23.1 Å². The maximum Gasteiger partial charge on any atom is 0.324 e. The van der Waals surface area contributed by atoms with Crippen LogP contribution < -0.4 is 10.0 Å². The van der Waals surface area contributed by atoms with Gasteiger partial charge in [0.1, 0.15) is 0 Å². The molecule has 1 aliphatic heterocycles. The Hall–Kier alpha value is -1.58. The summed E-state index contributed by atoms with van der Waals surface area (Å²) in [6.07, 6.45) is 1.65. The molecule has 21 heavy (non-hydrogen) atoms. The molecule has 0 saturated carbocycles. The second kappa shape index (κ2) is 6.46. The maximum absolute atomic E-state index is 13.5. The average molecular weight is 317 g/mol. The van der Waals surface area contributed by atoms with Gasteiger partial charge in [-0.15, -0.1) is 0 Å². The van der Waals surface area contributed by atoms with E-state index in [0.717, 1.165) is 44.1 Å². The Bertz CT molecular complexity index is 629. The Labute approximate surface area is 121 Å². The van der Waals surface area contributed by atoms with Crippen LogP contribution in [0.3, 0.4) is 0 Å². The number of nitrogens with one attached hydrogen (secondary N) is 2. The molecule has 0 radical (unpaired) electrons. The molecule has 9 heteroatoms. The molecular weight excluding hydrogens is 301 g/mol. The third-order valence-electron chi connectivity index (χ3n) is 3.44. The minimum Gasteiger partial charge on any atom is -0.317 e. The minimum atomic E-state index is -4.11. The summed E-state index contributed by atoms with van der Waals surface area (Å²) < 4.78 is 40.1. The zero-order chi connectivity index (χ0) is 15.5. The molecule has 2 rings (SSSR count). The van der Waals surface area contributed by atoms with E-state index in [9.17, 15) is 22.9 Å². The summed E-state index contributed by atoms with van der Waals surface area (Å²) in [4.78, 5) is 9.20. The van der Waals surface area contributed by atoms with Crippen molar-refractivity contribution in [3.05, 3.63) is 34.1 Å². The molecule has 1 heterocycles. The van der Waals surface area contributed by atoms with Gasteiger partial charge in [-0.1, -0.05) is 6.07 Å². The van der Waals surface area contributed by atoms with Crippen LogP contribution in [0.4, 0.5) is 10.1 Å². The molecule has 1 aliphatic rings. The van der Waals surface area contributed by atoms with E-state index in [-0.39, 0.29) is 12.5 Å². The summed E-state index contributed by atoms with van der Waals surface area (Å²) in [6.45, 7) is 1.82. The van der Waals surface area contributed by atoms with Gasteiger partial charge in [-0.2, -0.15) is 4.39 Å². The number of nitro benzene ring substituents is 1. The Morgan fingerprint density at radius 1 is 1.38 bits per heavy atom. The highest BCUT2D eigenvalue weighted by Gasteiger charge is 2.29. The molecule has 1 aromatic carbocycles. The summed E-state index contributed by atoms with van der Waals surface area (Å²) >= 11 is 0. The SMILES string of the molecule is O=[N+]([O-])c1c(F)cccc1S(=O)(=O)NCC1CCNCC1. The molecule has 1 fully saturated rings. The lowest BCUT2D eigenvalue weighted by Crippen LogP contribution is -2.36. The van der Waals surface area contributed by atoms with Gasteiger partial charge in [0.25, 0.3) is 0 Å². The molecule has 0 aromatic heterocycles. The molecule has 0 bridgehead atoms. The van der Waals surface area contributed by atoms with Crippen molar-refractivity contribution < 1.29 is 17.7 Å². The summed E-state index contributed by atoms with van der Waals surface area (Å²) in [5.41, 5.74) is -1.02. The zero-order valence-electron chi connectivity index (χ0n) is 11.2. The molecule has 1 aromatic rings. The van der Waals surface area contributed by atoms with Crippen molar-refractivity contribution in [1.82, 2.24) is 10.0 Å². The van der Waals surface area contributed by atoms with Crippen molar-refractivity contribution in [1.29, 1.82) is 0 Å². The third-order valence-corrected chi connectivity index (χ3v) is 4.90. The third kappa shape index (κ3) is 3.74. The Balaban J connectivity index is 2.19. The fourth-order valence-electron chi connectivity index (χ4n) is 2.28. The molecule has 0 spiro atoms. The second-order valence-corrected chi connectivity index (χ2v) is 6.62. The van der Waals surface area contributed by atoms with Gasteiger partial charge >= 0.3 is 5.69 Å². The van der Waals surface area contributed by atoms with Gasteiger partial charge in [0, 0.05) is 6.54 Å². The molecule has 7 nitrogen and oxygen atoms in total. The van der Waals surface area contributed by atoms with Gasteiger partial charge in [-0.3, -0.25) is 10.1 Å². The maximum atomic E-state index is 13.5. The van der Waals surface area contributed by atoms with Crippen molar-refractivity contribution in [3.63, 3.8) is 0 Å². The topological polar surface area (TPSA) is 101 Å². The highest BCUT2D eigenvalue weighted by molar-refractivity contribution is 7.89. The number of hydrogen-bond donors (Lipinski definition) is 2. The van der Waals surface area contributed by atoms with Gasteiger partial charge in [-0.05, 0) is 44.0 Å². The first kappa shape index (κ1) is 15.8. The number of benzene rings is 1. The van der Waals surface area contributed by atoms with Crippen LogP contribution in [0.1, 0.15) is 12.8 Å². The van der Waals surface area contributed by atoms with Crippen molar-refractivity contribution >= 4 is 15.7 Å². The van der Waals surface area contributed by atoms with E-state index in [0.29, 0.717) is 0 Å². The number of halogens is 1. The quantitative estimate of drug-likeness (QED) is 0.623. The first-order chi connectivity index (χ1) is 9.92. The zero-order valence-corrected chi connectivity index (χ0v) is 12.0. The van der Waals surface area contributed by atoms with Crippen molar-refractivity contribution in [2.24, 2.45) is 5.92 Å². The Kier molecular flexibility index (Phi) is 4.86.